The molecule has 0 aliphatic carbocycles. The van der Waals surface area contributed by atoms with Crippen molar-refractivity contribution in [2.75, 3.05) is 12.4 Å². The van der Waals surface area contributed by atoms with E-state index in [-0.39, 0.29) is 5.75 Å². The van der Waals surface area contributed by atoms with E-state index in [2.05, 4.69) is 21.9 Å². The average Bonchev–Trinajstić information content (AvgIpc) is 2.52. The second kappa shape index (κ2) is 7.60. The van der Waals surface area contributed by atoms with E-state index >= 15 is 0 Å². The predicted molar refractivity (Wildman–Crippen MR) is 97.5 cm³/mol. The molecule has 0 bridgehead atoms. The number of hydrazone groups is 1. The quantitative estimate of drug-likeness (QED) is 0.456. The standard InChI is InChI=1S/C17H19N3O2S/c1-11-4-6-15(12(2)8-11)19-17(23)20-18-10-13-9-14(22-3)5-7-16(13)21/h4-10,21H,1-3H3,(H2,19,20,23). The lowest BCUT2D eigenvalue weighted by atomic mass is 10.1. The Balaban J connectivity index is 1.98. The molecular formula is C17H19N3O2S. The molecule has 120 valence electrons. The zero-order chi connectivity index (χ0) is 16.8. The number of hydrogen-bond acceptors (Lipinski definition) is 4. The summed E-state index contributed by atoms with van der Waals surface area (Å²) in [6.45, 7) is 4.05. The smallest absolute Gasteiger partial charge is 0.191 e. The molecule has 0 saturated heterocycles. The van der Waals surface area contributed by atoms with Crippen molar-refractivity contribution in [3.63, 3.8) is 0 Å². The molecule has 0 aromatic heterocycles. The zero-order valence-electron chi connectivity index (χ0n) is 13.3. The zero-order valence-corrected chi connectivity index (χ0v) is 14.1. The van der Waals surface area contributed by atoms with Gasteiger partial charge in [-0.25, -0.2) is 0 Å². The Morgan fingerprint density at radius 2 is 2.00 bits per heavy atom. The van der Waals surface area contributed by atoms with Gasteiger partial charge in [-0.3, -0.25) is 5.43 Å². The van der Waals surface area contributed by atoms with Gasteiger partial charge in [0.05, 0.1) is 13.3 Å². The van der Waals surface area contributed by atoms with Gasteiger partial charge in [0.15, 0.2) is 5.11 Å². The molecule has 0 atom stereocenters. The summed E-state index contributed by atoms with van der Waals surface area (Å²) in [4.78, 5) is 0. The van der Waals surface area contributed by atoms with Crippen molar-refractivity contribution < 1.29 is 9.84 Å². The van der Waals surface area contributed by atoms with Crippen LogP contribution in [0.1, 0.15) is 16.7 Å². The molecule has 2 aromatic rings. The van der Waals surface area contributed by atoms with Crippen LogP contribution < -0.4 is 15.5 Å². The van der Waals surface area contributed by atoms with Crippen molar-refractivity contribution in [3.8, 4) is 11.5 Å². The van der Waals surface area contributed by atoms with E-state index in [0.717, 1.165) is 11.3 Å². The Labute approximate surface area is 141 Å². The van der Waals surface area contributed by atoms with E-state index in [1.54, 1.807) is 25.3 Å². The van der Waals surface area contributed by atoms with Gasteiger partial charge >= 0.3 is 0 Å². The van der Waals surface area contributed by atoms with Gasteiger partial charge in [0.1, 0.15) is 11.5 Å². The van der Waals surface area contributed by atoms with Crippen LogP contribution in [-0.2, 0) is 0 Å². The largest absolute Gasteiger partial charge is 0.507 e. The molecular weight excluding hydrogens is 310 g/mol. The molecule has 0 radical (unpaired) electrons. The maximum Gasteiger partial charge on any atom is 0.191 e. The highest BCUT2D eigenvalue weighted by atomic mass is 32.1. The summed E-state index contributed by atoms with van der Waals surface area (Å²) in [5.41, 5.74) is 6.47. The number of aromatic hydroxyl groups is 1. The average molecular weight is 329 g/mol. The molecule has 0 aliphatic rings. The van der Waals surface area contributed by atoms with Gasteiger partial charge in [-0.2, -0.15) is 5.10 Å². The number of nitrogens with zero attached hydrogens (tertiary/aromatic N) is 1. The van der Waals surface area contributed by atoms with E-state index < -0.39 is 0 Å². The van der Waals surface area contributed by atoms with Gasteiger partial charge in [-0.15, -0.1) is 0 Å². The molecule has 6 heteroatoms. The Bertz CT molecular complexity index is 745. The van der Waals surface area contributed by atoms with Crippen LogP contribution in [0.2, 0.25) is 0 Å². The number of ether oxygens (including phenoxy) is 1. The predicted octanol–water partition coefficient (Wildman–Crippen LogP) is 3.34. The van der Waals surface area contributed by atoms with E-state index in [0.29, 0.717) is 16.4 Å². The molecule has 0 heterocycles. The first-order valence-electron chi connectivity index (χ1n) is 7.04. The van der Waals surface area contributed by atoms with Crippen LogP contribution in [0.5, 0.6) is 11.5 Å². The van der Waals surface area contributed by atoms with Crippen molar-refractivity contribution >= 4 is 29.2 Å². The Hall–Kier alpha value is -2.60. The van der Waals surface area contributed by atoms with Crippen molar-refractivity contribution in [3.05, 3.63) is 53.1 Å². The molecule has 0 aliphatic heterocycles. The highest BCUT2D eigenvalue weighted by Gasteiger charge is 2.02. The topological polar surface area (TPSA) is 65.9 Å². The first-order valence-corrected chi connectivity index (χ1v) is 7.44. The Kier molecular flexibility index (Phi) is 5.54. The fourth-order valence-electron chi connectivity index (χ4n) is 2.03. The summed E-state index contributed by atoms with van der Waals surface area (Å²) in [7, 11) is 1.56. The first kappa shape index (κ1) is 16.8. The van der Waals surface area contributed by atoms with E-state index in [4.69, 9.17) is 17.0 Å². The third-order valence-electron chi connectivity index (χ3n) is 3.23. The van der Waals surface area contributed by atoms with E-state index in [1.807, 2.05) is 26.0 Å². The van der Waals surface area contributed by atoms with Crippen molar-refractivity contribution in [2.24, 2.45) is 5.10 Å². The third-order valence-corrected chi connectivity index (χ3v) is 3.43. The number of hydrogen-bond donors (Lipinski definition) is 3. The summed E-state index contributed by atoms with van der Waals surface area (Å²) < 4.78 is 5.11. The molecule has 0 spiro atoms. The Morgan fingerprint density at radius 3 is 2.70 bits per heavy atom. The van der Waals surface area contributed by atoms with E-state index in [9.17, 15) is 5.11 Å². The number of phenols is 1. The summed E-state index contributed by atoms with van der Waals surface area (Å²) >= 11 is 5.20. The monoisotopic (exact) mass is 329 g/mol. The van der Waals surface area contributed by atoms with Gasteiger partial charge in [-0.1, -0.05) is 17.7 Å². The van der Waals surface area contributed by atoms with Crippen LogP contribution in [-0.4, -0.2) is 23.5 Å². The lowest BCUT2D eigenvalue weighted by molar-refractivity contribution is 0.412. The van der Waals surface area contributed by atoms with Crippen molar-refractivity contribution in [1.82, 2.24) is 5.43 Å². The molecule has 0 unspecified atom stereocenters. The molecule has 3 N–H and O–H groups in total. The number of thiocarbonyl (C=S) groups is 1. The van der Waals surface area contributed by atoms with Gasteiger partial charge in [0.2, 0.25) is 0 Å². The maximum absolute atomic E-state index is 9.77. The number of nitrogens with one attached hydrogen (secondary N) is 2. The highest BCUT2D eigenvalue weighted by Crippen LogP contribution is 2.21. The highest BCUT2D eigenvalue weighted by molar-refractivity contribution is 7.80. The van der Waals surface area contributed by atoms with Gasteiger partial charge < -0.3 is 15.2 Å². The van der Waals surface area contributed by atoms with Gasteiger partial charge in [0, 0.05) is 11.3 Å². The van der Waals surface area contributed by atoms with Crippen molar-refractivity contribution in [2.45, 2.75) is 13.8 Å². The number of anilines is 1. The fraction of sp³-hybridized carbons (Fsp3) is 0.176. The van der Waals surface area contributed by atoms with Crippen LogP contribution in [0.15, 0.2) is 41.5 Å². The normalized spacial score (nSPS) is 10.6. The molecule has 2 rings (SSSR count). The van der Waals surface area contributed by atoms with Crippen LogP contribution in [0, 0.1) is 13.8 Å². The summed E-state index contributed by atoms with van der Waals surface area (Å²) in [6, 6.07) is 11.0. The minimum atomic E-state index is 0.115. The molecule has 0 saturated carbocycles. The second-order valence-electron chi connectivity index (χ2n) is 5.07. The fourth-order valence-corrected chi connectivity index (χ4v) is 2.19. The van der Waals surface area contributed by atoms with Crippen LogP contribution in [0.3, 0.4) is 0 Å². The first-order chi connectivity index (χ1) is 11.0. The molecule has 0 fully saturated rings. The SMILES string of the molecule is COc1ccc(O)c(C=NNC(=S)Nc2ccc(C)cc2C)c1. The minimum Gasteiger partial charge on any atom is -0.507 e. The Morgan fingerprint density at radius 1 is 1.22 bits per heavy atom. The lowest BCUT2D eigenvalue weighted by Gasteiger charge is -2.10. The van der Waals surface area contributed by atoms with Crippen LogP contribution in [0.25, 0.3) is 0 Å². The number of benzene rings is 2. The van der Waals surface area contributed by atoms with Gasteiger partial charge in [0.25, 0.3) is 0 Å². The summed E-state index contributed by atoms with van der Waals surface area (Å²) in [5.74, 6) is 0.754. The number of phenolic OH excluding ortho intramolecular Hbond substituents is 1. The number of rotatable bonds is 4. The number of methoxy groups -OCH3 is 1. The second-order valence-corrected chi connectivity index (χ2v) is 5.48. The molecule has 5 nitrogen and oxygen atoms in total. The molecule has 23 heavy (non-hydrogen) atoms. The molecule has 0 amide bonds. The van der Waals surface area contributed by atoms with E-state index in [1.165, 1.54) is 11.8 Å². The summed E-state index contributed by atoms with van der Waals surface area (Å²) in [5, 5.41) is 17.2. The lowest BCUT2D eigenvalue weighted by Crippen LogP contribution is -2.24. The number of aryl methyl sites for hydroxylation is 2. The van der Waals surface area contributed by atoms with Crippen molar-refractivity contribution in [1.29, 1.82) is 0 Å². The van der Waals surface area contributed by atoms with Crippen LogP contribution >= 0.6 is 12.2 Å². The molecule has 2 aromatic carbocycles. The summed E-state index contributed by atoms with van der Waals surface area (Å²) in [6.07, 6.45) is 1.48. The van der Waals surface area contributed by atoms with Gasteiger partial charge in [-0.05, 0) is 55.9 Å². The van der Waals surface area contributed by atoms with Crippen LogP contribution in [0.4, 0.5) is 5.69 Å². The maximum atomic E-state index is 9.77. The minimum absolute atomic E-state index is 0.115. The third kappa shape index (κ3) is 4.69.